The molecular formula is C26H23FN4O4S. The molecule has 2 atom stereocenters. The first-order valence-corrected chi connectivity index (χ1v) is 12.5. The van der Waals surface area contributed by atoms with Gasteiger partial charge >= 0.3 is 0 Å². The smallest absolute Gasteiger partial charge is 0.271 e. The Morgan fingerprint density at radius 1 is 1.11 bits per heavy atom. The van der Waals surface area contributed by atoms with Crippen molar-refractivity contribution in [1.29, 1.82) is 5.26 Å². The zero-order valence-corrected chi connectivity index (χ0v) is 20.3. The molecule has 1 amide bonds. The maximum absolute atomic E-state index is 13.9. The van der Waals surface area contributed by atoms with Gasteiger partial charge in [0.2, 0.25) is 0 Å². The number of carbonyl (C=O) groups is 1. The van der Waals surface area contributed by atoms with E-state index in [1.165, 1.54) is 30.1 Å². The van der Waals surface area contributed by atoms with Gasteiger partial charge in [0.15, 0.2) is 11.5 Å². The Kier molecular flexibility index (Phi) is 6.39. The summed E-state index contributed by atoms with van der Waals surface area (Å²) in [7, 11) is -2.81. The summed E-state index contributed by atoms with van der Waals surface area (Å²) in [6, 6.07) is 19.2. The molecule has 184 valence electrons. The van der Waals surface area contributed by atoms with E-state index in [0.29, 0.717) is 27.8 Å². The van der Waals surface area contributed by atoms with E-state index in [9.17, 15) is 27.4 Å². The lowest BCUT2D eigenvalue weighted by Gasteiger charge is -2.27. The Labute approximate surface area is 208 Å². The van der Waals surface area contributed by atoms with Gasteiger partial charge in [-0.25, -0.2) is 9.38 Å². The summed E-state index contributed by atoms with van der Waals surface area (Å²) >= 11 is 0. The lowest BCUT2D eigenvalue weighted by Crippen LogP contribution is -2.41. The first kappa shape index (κ1) is 25.0. The predicted octanol–water partition coefficient (Wildman–Crippen LogP) is 3.73. The SMILES string of the molecule is CCC(c1ccc(C2(c3cccc(-c4ccc(F)c(C#N)c4)c3)N=C(N)N(C)C2=O)cc1)S(=O)(=O)O. The number of rotatable bonds is 6. The second-order valence-electron chi connectivity index (χ2n) is 8.47. The van der Waals surface area contributed by atoms with Crippen molar-refractivity contribution in [2.45, 2.75) is 24.1 Å². The summed E-state index contributed by atoms with van der Waals surface area (Å²) in [5.41, 5.74) is 6.90. The van der Waals surface area contributed by atoms with E-state index in [4.69, 9.17) is 5.73 Å². The quantitative estimate of drug-likeness (QED) is 0.489. The molecule has 36 heavy (non-hydrogen) atoms. The largest absolute Gasteiger partial charge is 0.369 e. The maximum atomic E-state index is 13.9. The molecule has 0 bridgehead atoms. The molecule has 0 saturated heterocycles. The number of nitrogens with zero attached hydrogens (tertiary/aromatic N) is 3. The van der Waals surface area contributed by atoms with Crippen molar-refractivity contribution in [2.75, 3.05) is 7.05 Å². The summed E-state index contributed by atoms with van der Waals surface area (Å²) in [6.07, 6.45) is 0.167. The number of hydrogen-bond donors (Lipinski definition) is 2. The number of guanidine groups is 1. The number of hydrogen-bond acceptors (Lipinski definition) is 6. The molecular weight excluding hydrogens is 483 g/mol. The van der Waals surface area contributed by atoms with Crippen LogP contribution in [0, 0.1) is 17.1 Å². The zero-order valence-electron chi connectivity index (χ0n) is 19.5. The fraction of sp³-hybridized carbons (Fsp3) is 0.192. The van der Waals surface area contributed by atoms with Crippen LogP contribution in [0.1, 0.15) is 40.8 Å². The van der Waals surface area contributed by atoms with Crippen molar-refractivity contribution < 1.29 is 22.2 Å². The number of nitriles is 1. The number of carbonyl (C=O) groups excluding carboxylic acids is 1. The fourth-order valence-corrected chi connectivity index (χ4v) is 5.38. The Hall–Kier alpha value is -4.07. The molecule has 3 aromatic carbocycles. The highest BCUT2D eigenvalue weighted by atomic mass is 32.2. The van der Waals surface area contributed by atoms with Gasteiger partial charge in [0.1, 0.15) is 17.1 Å². The van der Waals surface area contributed by atoms with E-state index in [0.717, 1.165) is 0 Å². The van der Waals surface area contributed by atoms with Crippen LogP contribution in [-0.2, 0) is 20.5 Å². The molecule has 0 saturated carbocycles. The molecule has 2 unspecified atom stereocenters. The van der Waals surface area contributed by atoms with Crippen LogP contribution in [0.4, 0.5) is 4.39 Å². The van der Waals surface area contributed by atoms with Gasteiger partial charge in [0.05, 0.1) is 5.56 Å². The topological polar surface area (TPSA) is 137 Å². The Balaban J connectivity index is 1.88. The minimum Gasteiger partial charge on any atom is -0.369 e. The van der Waals surface area contributed by atoms with E-state index in [2.05, 4.69) is 4.99 Å². The highest BCUT2D eigenvalue weighted by Gasteiger charge is 2.49. The number of halogens is 1. The van der Waals surface area contributed by atoms with Crippen LogP contribution in [-0.4, -0.2) is 36.8 Å². The molecule has 1 heterocycles. The van der Waals surface area contributed by atoms with E-state index in [1.54, 1.807) is 55.5 Å². The van der Waals surface area contributed by atoms with Crippen molar-refractivity contribution in [2.24, 2.45) is 10.7 Å². The monoisotopic (exact) mass is 506 g/mol. The van der Waals surface area contributed by atoms with Gasteiger partial charge in [-0.2, -0.15) is 13.7 Å². The summed E-state index contributed by atoms with van der Waals surface area (Å²) in [5, 5.41) is 8.10. The number of aliphatic imine (C=N–C) groups is 1. The van der Waals surface area contributed by atoms with Gasteiger partial charge in [0, 0.05) is 7.05 Å². The van der Waals surface area contributed by atoms with E-state index in [1.807, 2.05) is 6.07 Å². The third-order valence-electron chi connectivity index (χ3n) is 6.37. The molecule has 1 aliphatic rings. The normalized spacial score (nSPS) is 18.6. The minimum absolute atomic E-state index is 0.00685. The predicted molar refractivity (Wildman–Crippen MR) is 133 cm³/mol. The molecule has 0 fully saturated rings. The molecule has 3 N–H and O–H groups in total. The minimum atomic E-state index is -4.31. The Morgan fingerprint density at radius 2 is 1.78 bits per heavy atom. The molecule has 4 rings (SSSR count). The van der Waals surface area contributed by atoms with Crippen molar-refractivity contribution in [3.05, 3.63) is 94.8 Å². The van der Waals surface area contributed by atoms with Gasteiger partial charge in [-0.1, -0.05) is 55.5 Å². The van der Waals surface area contributed by atoms with Crippen LogP contribution in [0.3, 0.4) is 0 Å². The second kappa shape index (κ2) is 9.18. The third kappa shape index (κ3) is 4.12. The summed E-state index contributed by atoms with van der Waals surface area (Å²) in [4.78, 5) is 19.3. The van der Waals surface area contributed by atoms with Crippen LogP contribution in [0.5, 0.6) is 0 Å². The fourth-order valence-electron chi connectivity index (χ4n) is 4.46. The highest BCUT2D eigenvalue weighted by molar-refractivity contribution is 7.86. The third-order valence-corrected chi connectivity index (χ3v) is 7.70. The maximum Gasteiger partial charge on any atom is 0.271 e. The van der Waals surface area contributed by atoms with Crippen molar-refractivity contribution in [3.8, 4) is 17.2 Å². The molecule has 8 nitrogen and oxygen atoms in total. The molecule has 3 aromatic rings. The second-order valence-corrected chi connectivity index (χ2v) is 10.1. The van der Waals surface area contributed by atoms with Gasteiger partial charge in [-0.15, -0.1) is 0 Å². The molecule has 0 radical (unpaired) electrons. The molecule has 0 aromatic heterocycles. The first-order chi connectivity index (χ1) is 17.0. The summed E-state index contributed by atoms with van der Waals surface area (Å²) in [5.74, 6) is -1.04. The standard InChI is InChI=1S/C26H23FN4O4S/c1-3-23(36(33,34)35)16-7-10-20(11-8-16)26(24(32)31(2)25(29)30-26)21-6-4-5-17(14-21)18-9-12-22(27)19(13-18)15-28/h4-14,23H,3H2,1-2H3,(H2,29,30)(H,33,34,35). The lowest BCUT2D eigenvalue weighted by atomic mass is 9.81. The molecule has 0 spiro atoms. The van der Waals surface area contributed by atoms with Crippen molar-refractivity contribution in [1.82, 2.24) is 4.90 Å². The average molecular weight is 507 g/mol. The van der Waals surface area contributed by atoms with Gasteiger partial charge in [0.25, 0.3) is 16.0 Å². The number of likely N-dealkylation sites (N-methyl/N-ethyl adjacent to an activating group) is 1. The highest BCUT2D eigenvalue weighted by Crippen LogP contribution is 2.41. The number of nitrogens with two attached hydrogens (primary N) is 1. The van der Waals surface area contributed by atoms with Crippen molar-refractivity contribution >= 4 is 22.0 Å². The Bertz CT molecular complexity index is 1530. The summed E-state index contributed by atoms with van der Waals surface area (Å²) in [6.45, 7) is 1.65. The molecule has 10 heteroatoms. The van der Waals surface area contributed by atoms with Crippen LogP contribution in [0.15, 0.2) is 71.7 Å². The Morgan fingerprint density at radius 3 is 2.33 bits per heavy atom. The van der Waals surface area contributed by atoms with Crippen LogP contribution in [0.25, 0.3) is 11.1 Å². The first-order valence-electron chi connectivity index (χ1n) is 11.0. The van der Waals surface area contributed by atoms with Crippen molar-refractivity contribution in [3.63, 3.8) is 0 Å². The van der Waals surface area contributed by atoms with Gasteiger partial charge in [-0.05, 0) is 52.4 Å². The van der Waals surface area contributed by atoms with E-state index in [-0.39, 0.29) is 17.9 Å². The van der Waals surface area contributed by atoms with Gasteiger partial charge in [-0.3, -0.25) is 14.2 Å². The number of benzene rings is 3. The van der Waals surface area contributed by atoms with E-state index < -0.39 is 32.6 Å². The molecule has 1 aliphatic heterocycles. The van der Waals surface area contributed by atoms with Crippen LogP contribution < -0.4 is 5.73 Å². The average Bonchev–Trinajstić information content (AvgIpc) is 3.09. The molecule has 0 aliphatic carbocycles. The van der Waals surface area contributed by atoms with Gasteiger partial charge < -0.3 is 5.73 Å². The van der Waals surface area contributed by atoms with Crippen LogP contribution >= 0.6 is 0 Å². The zero-order chi connectivity index (χ0) is 26.3. The van der Waals surface area contributed by atoms with Crippen LogP contribution in [0.2, 0.25) is 0 Å². The summed E-state index contributed by atoms with van der Waals surface area (Å²) < 4.78 is 47.0. The van der Waals surface area contributed by atoms with E-state index >= 15 is 0 Å². The number of amides is 1. The lowest BCUT2D eigenvalue weighted by molar-refractivity contribution is -0.129.